The molecular weight excluding hydrogens is 240 g/mol. The molecule has 1 N–H and O–H groups in total. The Hall–Kier alpha value is -1.91. The zero-order valence-electron chi connectivity index (χ0n) is 11.1. The van der Waals surface area contributed by atoms with Crippen LogP contribution < -0.4 is 10.2 Å². The van der Waals surface area contributed by atoms with Crippen LogP contribution in [-0.4, -0.2) is 35.0 Å². The van der Waals surface area contributed by atoms with Gasteiger partial charge < -0.3 is 10.2 Å². The van der Waals surface area contributed by atoms with Gasteiger partial charge in [-0.1, -0.05) is 6.08 Å². The number of hydrogen-bond donors (Lipinski definition) is 1. The maximum absolute atomic E-state index is 11.6. The summed E-state index contributed by atoms with van der Waals surface area (Å²) >= 11 is 0. The van der Waals surface area contributed by atoms with Crippen molar-refractivity contribution in [2.24, 2.45) is 0 Å². The molecular formula is C14H20N4O. The second-order valence-electron chi connectivity index (χ2n) is 4.67. The van der Waals surface area contributed by atoms with Crippen molar-refractivity contribution < 1.29 is 4.79 Å². The molecule has 5 nitrogen and oxygen atoms in total. The highest BCUT2D eigenvalue weighted by molar-refractivity contribution is 5.76. The third kappa shape index (κ3) is 3.77. The maximum Gasteiger partial charge on any atom is 0.225 e. The third-order valence-corrected chi connectivity index (χ3v) is 3.30. The zero-order valence-corrected chi connectivity index (χ0v) is 11.1. The molecule has 1 atom stereocenters. The fourth-order valence-corrected chi connectivity index (χ4v) is 2.30. The lowest BCUT2D eigenvalue weighted by molar-refractivity contribution is -0.121. The molecule has 0 unspecified atom stereocenters. The van der Waals surface area contributed by atoms with Gasteiger partial charge in [0.1, 0.15) is 0 Å². The Balaban J connectivity index is 1.86. The van der Waals surface area contributed by atoms with Gasteiger partial charge in [-0.15, -0.1) is 6.58 Å². The van der Waals surface area contributed by atoms with E-state index in [1.165, 1.54) is 0 Å². The summed E-state index contributed by atoms with van der Waals surface area (Å²) < 4.78 is 0. The fourth-order valence-electron chi connectivity index (χ4n) is 2.30. The van der Waals surface area contributed by atoms with E-state index >= 15 is 0 Å². The van der Waals surface area contributed by atoms with Gasteiger partial charge >= 0.3 is 0 Å². The van der Waals surface area contributed by atoms with Crippen LogP contribution in [0.4, 0.5) is 5.95 Å². The largest absolute Gasteiger partial charge is 0.354 e. The first-order valence-electron chi connectivity index (χ1n) is 6.72. The van der Waals surface area contributed by atoms with Crippen LogP contribution in [0.5, 0.6) is 0 Å². The predicted octanol–water partition coefficient (Wildman–Crippen LogP) is 1.53. The van der Waals surface area contributed by atoms with Crippen LogP contribution in [0.3, 0.4) is 0 Å². The lowest BCUT2D eigenvalue weighted by Gasteiger charge is -2.24. The molecule has 102 valence electrons. The summed E-state index contributed by atoms with van der Waals surface area (Å²) in [6, 6.07) is 2.11. The molecule has 2 heterocycles. The van der Waals surface area contributed by atoms with Crippen molar-refractivity contribution in [3.05, 3.63) is 31.1 Å². The molecule has 1 aromatic rings. The summed E-state index contributed by atoms with van der Waals surface area (Å²) in [4.78, 5) is 22.3. The number of amides is 1. The third-order valence-electron chi connectivity index (χ3n) is 3.30. The van der Waals surface area contributed by atoms with Crippen LogP contribution in [-0.2, 0) is 4.79 Å². The summed E-state index contributed by atoms with van der Waals surface area (Å²) in [5, 5.41) is 2.98. The van der Waals surface area contributed by atoms with E-state index in [9.17, 15) is 4.79 Å². The van der Waals surface area contributed by atoms with Gasteiger partial charge in [0.15, 0.2) is 0 Å². The highest BCUT2D eigenvalue weighted by atomic mass is 16.1. The first-order chi connectivity index (χ1) is 9.31. The molecule has 0 aliphatic carbocycles. The van der Waals surface area contributed by atoms with Gasteiger partial charge in [0.05, 0.1) is 0 Å². The minimum Gasteiger partial charge on any atom is -0.354 e. The highest BCUT2D eigenvalue weighted by Crippen LogP contribution is 2.21. The standard InChI is InChI=1S/C14H20N4O/c1-2-3-7-13(19)17-11-12-6-4-10-18(12)14-15-8-5-9-16-14/h2,5,8-9,12H,1,3-4,6-7,10-11H2,(H,17,19)/t12-/m1/s1. The summed E-state index contributed by atoms with van der Waals surface area (Å²) in [6.07, 6.45) is 8.69. The smallest absolute Gasteiger partial charge is 0.225 e. The van der Waals surface area contributed by atoms with Gasteiger partial charge in [0, 0.05) is 37.9 Å². The Labute approximate surface area is 113 Å². The van der Waals surface area contributed by atoms with Crippen LogP contribution in [0.1, 0.15) is 25.7 Å². The molecule has 1 aliphatic rings. The van der Waals surface area contributed by atoms with Gasteiger partial charge in [-0.2, -0.15) is 0 Å². The average Bonchev–Trinajstić information content (AvgIpc) is 2.92. The van der Waals surface area contributed by atoms with E-state index in [1.807, 2.05) is 6.07 Å². The minimum atomic E-state index is 0.0840. The molecule has 1 aromatic heterocycles. The first kappa shape index (κ1) is 13.5. The number of carbonyl (C=O) groups is 1. The van der Waals surface area contributed by atoms with E-state index in [0.29, 0.717) is 19.0 Å². The van der Waals surface area contributed by atoms with Crippen molar-refractivity contribution in [3.8, 4) is 0 Å². The molecule has 2 rings (SSSR count). The average molecular weight is 260 g/mol. The van der Waals surface area contributed by atoms with Crippen molar-refractivity contribution in [2.45, 2.75) is 31.7 Å². The number of hydrogen-bond acceptors (Lipinski definition) is 4. The van der Waals surface area contributed by atoms with Gasteiger partial charge in [-0.25, -0.2) is 9.97 Å². The van der Waals surface area contributed by atoms with Crippen LogP contribution >= 0.6 is 0 Å². The maximum atomic E-state index is 11.6. The minimum absolute atomic E-state index is 0.0840. The molecule has 0 spiro atoms. The summed E-state index contributed by atoms with van der Waals surface area (Å²) in [5.41, 5.74) is 0. The number of anilines is 1. The number of carbonyl (C=O) groups excluding carboxylic acids is 1. The molecule has 1 fully saturated rings. The Morgan fingerprint density at radius 3 is 3.05 bits per heavy atom. The number of aromatic nitrogens is 2. The van der Waals surface area contributed by atoms with E-state index in [2.05, 4.69) is 26.8 Å². The lowest BCUT2D eigenvalue weighted by Crippen LogP contribution is -2.40. The van der Waals surface area contributed by atoms with Crippen molar-refractivity contribution >= 4 is 11.9 Å². The Bertz CT molecular complexity index is 421. The van der Waals surface area contributed by atoms with Crippen LogP contribution in [0.25, 0.3) is 0 Å². The molecule has 1 amide bonds. The van der Waals surface area contributed by atoms with Gasteiger partial charge in [0.25, 0.3) is 0 Å². The molecule has 1 aliphatic heterocycles. The normalized spacial score (nSPS) is 18.3. The number of allylic oxidation sites excluding steroid dienone is 1. The van der Waals surface area contributed by atoms with E-state index in [1.54, 1.807) is 18.5 Å². The Morgan fingerprint density at radius 1 is 1.53 bits per heavy atom. The Kier molecular flexibility index (Phi) is 4.89. The second kappa shape index (κ2) is 6.87. The van der Waals surface area contributed by atoms with E-state index in [-0.39, 0.29) is 5.91 Å². The van der Waals surface area contributed by atoms with E-state index in [4.69, 9.17) is 0 Å². The number of nitrogens with one attached hydrogen (secondary N) is 1. The van der Waals surface area contributed by atoms with Crippen molar-refractivity contribution in [3.63, 3.8) is 0 Å². The molecule has 5 heteroatoms. The van der Waals surface area contributed by atoms with Crippen molar-refractivity contribution in [1.29, 1.82) is 0 Å². The molecule has 0 aromatic carbocycles. The fraction of sp³-hybridized carbons (Fsp3) is 0.500. The molecule has 0 saturated carbocycles. The van der Waals surface area contributed by atoms with Gasteiger partial charge in [-0.05, 0) is 25.3 Å². The molecule has 0 radical (unpaired) electrons. The predicted molar refractivity (Wildman–Crippen MR) is 74.8 cm³/mol. The van der Waals surface area contributed by atoms with E-state index in [0.717, 1.165) is 31.8 Å². The topological polar surface area (TPSA) is 58.1 Å². The highest BCUT2D eigenvalue weighted by Gasteiger charge is 2.26. The number of nitrogens with zero attached hydrogens (tertiary/aromatic N) is 3. The summed E-state index contributed by atoms with van der Waals surface area (Å²) in [6.45, 7) is 5.23. The van der Waals surface area contributed by atoms with Crippen LogP contribution in [0.15, 0.2) is 31.1 Å². The van der Waals surface area contributed by atoms with Crippen molar-refractivity contribution in [2.75, 3.05) is 18.0 Å². The lowest BCUT2D eigenvalue weighted by atomic mass is 10.2. The van der Waals surface area contributed by atoms with Crippen LogP contribution in [0.2, 0.25) is 0 Å². The summed E-state index contributed by atoms with van der Waals surface area (Å²) in [5.74, 6) is 0.839. The van der Waals surface area contributed by atoms with Gasteiger partial charge in [-0.3, -0.25) is 4.79 Å². The molecule has 0 bridgehead atoms. The monoisotopic (exact) mass is 260 g/mol. The Morgan fingerprint density at radius 2 is 2.32 bits per heavy atom. The van der Waals surface area contributed by atoms with Crippen molar-refractivity contribution in [1.82, 2.24) is 15.3 Å². The second-order valence-corrected chi connectivity index (χ2v) is 4.67. The molecule has 1 saturated heterocycles. The summed E-state index contributed by atoms with van der Waals surface area (Å²) in [7, 11) is 0. The number of rotatable bonds is 6. The quantitative estimate of drug-likeness (QED) is 0.788. The molecule has 19 heavy (non-hydrogen) atoms. The first-order valence-corrected chi connectivity index (χ1v) is 6.72. The van der Waals surface area contributed by atoms with Crippen LogP contribution in [0, 0.1) is 0 Å². The zero-order chi connectivity index (χ0) is 13.5. The van der Waals surface area contributed by atoms with E-state index < -0.39 is 0 Å². The SMILES string of the molecule is C=CCCC(=O)NC[C@H]1CCCN1c1ncccn1. The van der Waals surface area contributed by atoms with Gasteiger partial charge in [0.2, 0.25) is 11.9 Å².